The summed E-state index contributed by atoms with van der Waals surface area (Å²) in [6, 6.07) is 15.0. The van der Waals surface area contributed by atoms with Gasteiger partial charge >= 0.3 is 12.1 Å². The Labute approximate surface area is 276 Å². The molecule has 0 spiro atoms. The number of carbonyl (C=O) groups excluding carboxylic acids is 1. The number of aryl methyl sites for hydroxylation is 1. The molecule has 11 heteroatoms. The number of carboxylic acids is 1. The van der Waals surface area contributed by atoms with Crippen molar-refractivity contribution in [1.82, 2.24) is 20.3 Å². The number of benzene rings is 3. The van der Waals surface area contributed by atoms with Gasteiger partial charge in [-0.25, -0.2) is 18.6 Å². The Morgan fingerprint density at radius 2 is 1.83 bits per heavy atom. The number of rotatable bonds is 4. The number of H-pyrrole nitrogens is 2. The average molecular weight is 657 g/mol. The number of hydrogen-bond donors (Lipinski definition) is 4. The Balaban J connectivity index is 1.43. The van der Waals surface area contributed by atoms with Crippen molar-refractivity contribution in [3.63, 3.8) is 0 Å². The van der Waals surface area contributed by atoms with Crippen molar-refractivity contribution in [3.05, 3.63) is 101 Å². The van der Waals surface area contributed by atoms with Gasteiger partial charge < -0.3 is 29.9 Å². The SMILES string of the molecule is CC1(C)CCCCC(C)(c2cccc(CCC(=O)O)c2)c2cnc([nH]2)-c2cc(ccc2F)Oc2c(F)cc3[nH]ccc3c2COC(=O)N1. The van der Waals surface area contributed by atoms with E-state index in [4.69, 9.17) is 9.47 Å². The second-order valence-corrected chi connectivity index (χ2v) is 13.2. The molecule has 3 heterocycles. The molecule has 250 valence electrons. The third kappa shape index (κ3) is 6.90. The summed E-state index contributed by atoms with van der Waals surface area (Å²) in [4.78, 5) is 35.2. The van der Waals surface area contributed by atoms with Gasteiger partial charge in [0.25, 0.3) is 0 Å². The molecule has 0 saturated heterocycles. The number of imidazole rings is 1. The summed E-state index contributed by atoms with van der Waals surface area (Å²) in [6.45, 7) is 5.67. The van der Waals surface area contributed by atoms with Crippen LogP contribution in [0.2, 0.25) is 0 Å². The van der Waals surface area contributed by atoms with E-state index < -0.39 is 34.7 Å². The topological polar surface area (TPSA) is 129 Å². The maximum atomic E-state index is 15.5. The van der Waals surface area contributed by atoms with E-state index in [2.05, 4.69) is 27.2 Å². The number of halogens is 2. The molecule has 0 fully saturated rings. The Bertz CT molecular complexity index is 1980. The Kier molecular flexibility index (Phi) is 8.96. The van der Waals surface area contributed by atoms with Gasteiger partial charge in [-0.15, -0.1) is 0 Å². The van der Waals surface area contributed by atoms with Crippen LogP contribution >= 0.6 is 0 Å². The molecule has 4 N–H and O–H groups in total. The molecule has 3 aromatic carbocycles. The first kappa shape index (κ1) is 32.7. The second-order valence-electron chi connectivity index (χ2n) is 13.2. The van der Waals surface area contributed by atoms with Crippen LogP contribution < -0.4 is 10.1 Å². The van der Waals surface area contributed by atoms with Gasteiger partial charge in [-0.2, -0.15) is 0 Å². The smallest absolute Gasteiger partial charge is 0.407 e. The number of nitrogens with one attached hydrogen (secondary N) is 3. The fourth-order valence-corrected chi connectivity index (χ4v) is 6.40. The molecule has 1 unspecified atom stereocenters. The van der Waals surface area contributed by atoms with Crippen molar-refractivity contribution in [2.75, 3.05) is 0 Å². The summed E-state index contributed by atoms with van der Waals surface area (Å²) in [7, 11) is 0. The first-order valence-corrected chi connectivity index (χ1v) is 16.0. The van der Waals surface area contributed by atoms with Crippen molar-refractivity contribution in [3.8, 4) is 22.9 Å². The highest BCUT2D eigenvalue weighted by molar-refractivity contribution is 5.86. The number of carbonyl (C=O) groups is 2. The van der Waals surface area contributed by atoms with Gasteiger partial charge in [0, 0.05) is 58.0 Å². The monoisotopic (exact) mass is 656 g/mol. The summed E-state index contributed by atoms with van der Waals surface area (Å²) < 4.78 is 42.6. The molecule has 1 amide bonds. The van der Waals surface area contributed by atoms with Crippen LogP contribution in [0.4, 0.5) is 13.6 Å². The van der Waals surface area contributed by atoms with Gasteiger partial charge in [-0.3, -0.25) is 4.79 Å². The highest BCUT2D eigenvalue weighted by Gasteiger charge is 2.32. The summed E-state index contributed by atoms with van der Waals surface area (Å²) in [6.07, 6.45) is 6.00. The molecule has 5 aromatic rings. The number of cyclic esters (lactones) is 1. The molecule has 0 aliphatic carbocycles. The molecule has 1 atom stereocenters. The van der Waals surface area contributed by atoms with Gasteiger partial charge in [-0.1, -0.05) is 37.1 Å². The van der Waals surface area contributed by atoms with Crippen molar-refractivity contribution >= 4 is 23.0 Å². The Hall–Kier alpha value is -5.19. The number of nitrogens with zero attached hydrogens (tertiary/aromatic N) is 1. The highest BCUT2D eigenvalue weighted by atomic mass is 19.1. The summed E-state index contributed by atoms with van der Waals surface area (Å²) in [5.74, 6) is -1.79. The van der Waals surface area contributed by atoms with Crippen molar-refractivity contribution < 1.29 is 33.0 Å². The van der Waals surface area contributed by atoms with Gasteiger partial charge in [-0.05, 0) is 75.4 Å². The van der Waals surface area contributed by atoms with Crippen molar-refractivity contribution in [1.29, 1.82) is 0 Å². The number of amides is 1. The Morgan fingerprint density at radius 3 is 2.65 bits per heavy atom. The first-order valence-electron chi connectivity index (χ1n) is 16.0. The molecule has 0 radical (unpaired) electrons. The lowest BCUT2D eigenvalue weighted by molar-refractivity contribution is -0.136. The van der Waals surface area contributed by atoms with Gasteiger partial charge in [0.1, 0.15) is 24.0 Å². The van der Waals surface area contributed by atoms with E-state index in [9.17, 15) is 14.7 Å². The Morgan fingerprint density at radius 1 is 1.02 bits per heavy atom. The minimum atomic E-state index is -0.867. The van der Waals surface area contributed by atoms with E-state index in [1.165, 1.54) is 24.3 Å². The molecule has 2 aromatic heterocycles. The molecule has 6 rings (SSSR count). The fourth-order valence-electron chi connectivity index (χ4n) is 6.40. The number of aliphatic carboxylic acids is 1. The van der Waals surface area contributed by atoms with Crippen LogP contribution in [0.3, 0.4) is 0 Å². The van der Waals surface area contributed by atoms with E-state index in [1.807, 2.05) is 38.1 Å². The van der Waals surface area contributed by atoms with Gasteiger partial charge in [0.05, 0.1) is 5.56 Å². The van der Waals surface area contributed by atoms with E-state index in [0.29, 0.717) is 35.7 Å². The normalized spacial score (nSPS) is 18.4. The number of aromatic nitrogens is 3. The van der Waals surface area contributed by atoms with E-state index in [0.717, 1.165) is 29.7 Å². The lowest BCUT2D eigenvalue weighted by Gasteiger charge is -2.31. The number of fused-ring (bicyclic) bond motifs is 8. The number of ether oxygens (including phenoxy) is 2. The molecule has 9 nitrogen and oxygen atoms in total. The molecule has 1 aliphatic rings. The van der Waals surface area contributed by atoms with Crippen molar-refractivity contribution in [2.24, 2.45) is 0 Å². The largest absolute Gasteiger partial charge is 0.481 e. The predicted molar refractivity (Wildman–Crippen MR) is 177 cm³/mol. The number of carboxylic acid groups (broad SMARTS) is 1. The molecular weight excluding hydrogens is 618 g/mol. The molecule has 48 heavy (non-hydrogen) atoms. The minimum absolute atomic E-state index is 0.0149. The standard InChI is InChI=1S/C37H38F2N4O5/c1-36(2)14-4-5-15-37(3,23-8-6-7-22(17-23)9-12-32(44)45)31-20-41-34(42-31)26-18-24(10-11-28(26)38)48-33-27(21-47-35(46)43-36)25-13-16-40-30(25)19-29(33)39/h6-8,10-11,13,16-20,40H,4-5,9,12,14-15,21H2,1-3H3,(H,41,42)(H,43,46)(H,44,45). The molecule has 0 saturated carbocycles. The third-order valence-electron chi connectivity index (χ3n) is 9.16. The average Bonchev–Trinajstić information content (AvgIpc) is 3.73. The quantitative estimate of drug-likeness (QED) is 0.153. The molecular formula is C37H38F2N4O5. The van der Waals surface area contributed by atoms with Crippen LogP contribution in [0.25, 0.3) is 22.3 Å². The van der Waals surface area contributed by atoms with Crippen LogP contribution in [0, 0.1) is 11.6 Å². The predicted octanol–water partition coefficient (Wildman–Crippen LogP) is 8.53. The number of hydrogen-bond acceptors (Lipinski definition) is 5. The fraction of sp³-hybridized carbons (Fsp3) is 0.324. The van der Waals surface area contributed by atoms with E-state index in [-0.39, 0.29) is 35.9 Å². The van der Waals surface area contributed by atoms with Crippen LogP contribution in [-0.2, 0) is 28.0 Å². The summed E-state index contributed by atoms with van der Waals surface area (Å²) in [5, 5.41) is 12.8. The summed E-state index contributed by atoms with van der Waals surface area (Å²) in [5.41, 5.74) is 2.39. The first-order chi connectivity index (χ1) is 22.9. The zero-order valence-electron chi connectivity index (χ0n) is 27.1. The maximum Gasteiger partial charge on any atom is 0.407 e. The van der Waals surface area contributed by atoms with Gasteiger partial charge in [0.2, 0.25) is 0 Å². The number of alkyl carbamates (subject to hydrolysis) is 1. The zero-order valence-corrected chi connectivity index (χ0v) is 27.1. The van der Waals surface area contributed by atoms with Crippen molar-refractivity contribution in [2.45, 2.75) is 76.9 Å². The van der Waals surface area contributed by atoms with E-state index in [1.54, 1.807) is 18.5 Å². The maximum absolute atomic E-state index is 15.5. The highest BCUT2D eigenvalue weighted by Crippen LogP contribution is 2.40. The van der Waals surface area contributed by atoms with Crippen LogP contribution in [0.1, 0.15) is 75.3 Å². The summed E-state index contributed by atoms with van der Waals surface area (Å²) >= 11 is 0. The van der Waals surface area contributed by atoms with Crippen LogP contribution in [0.15, 0.2) is 67.0 Å². The van der Waals surface area contributed by atoms with Crippen LogP contribution in [-0.4, -0.2) is 37.7 Å². The second kappa shape index (κ2) is 13.1. The van der Waals surface area contributed by atoms with Gasteiger partial charge in [0.15, 0.2) is 11.6 Å². The lowest BCUT2D eigenvalue weighted by Crippen LogP contribution is -2.43. The third-order valence-corrected chi connectivity index (χ3v) is 9.16. The zero-order chi connectivity index (χ0) is 34.1. The van der Waals surface area contributed by atoms with E-state index >= 15 is 8.78 Å². The minimum Gasteiger partial charge on any atom is -0.481 e. The van der Waals surface area contributed by atoms with Crippen LogP contribution in [0.5, 0.6) is 11.5 Å². The molecule has 1 aliphatic heterocycles. The lowest BCUT2D eigenvalue weighted by atomic mass is 9.74. The molecule has 4 bridgehead atoms. The number of aromatic amines is 2.